The second kappa shape index (κ2) is 5.35. The molecule has 1 aromatic carbocycles. The van der Waals surface area contributed by atoms with E-state index >= 15 is 0 Å². The number of aliphatic hydroxyl groups is 1. The molecule has 1 aliphatic rings. The number of halogens is 1. The van der Waals surface area contributed by atoms with E-state index in [1.54, 1.807) is 13.2 Å². The first kappa shape index (κ1) is 13.9. The van der Waals surface area contributed by atoms with Gasteiger partial charge in [-0.25, -0.2) is 4.98 Å². The predicted octanol–water partition coefficient (Wildman–Crippen LogP) is 2.39. The van der Waals surface area contributed by atoms with Gasteiger partial charge in [-0.1, -0.05) is 23.7 Å². The van der Waals surface area contributed by atoms with Crippen molar-refractivity contribution in [1.82, 2.24) is 9.88 Å². The average molecular weight is 305 g/mol. The van der Waals surface area contributed by atoms with Crippen LogP contribution < -0.4 is 4.74 Å². The minimum atomic E-state index is -1.07. The Bertz CT molecular complexity index is 688. The summed E-state index contributed by atoms with van der Waals surface area (Å²) in [5.41, 5.74) is 1.66. The zero-order chi connectivity index (χ0) is 15.0. The molecule has 1 amide bonds. The summed E-state index contributed by atoms with van der Waals surface area (Å²) < 4.78 is 5.09. The summed E-state index contributed by atoms with van der Waals surface area (Å²) in [6.45, 7) is 0.287. The van der Waals surface area contributed by atoms with E-state index in [0.29, 0.717) is 11.1 Å². The fourth-order valence-corrected chi connectivity index (χ4v) is 2.64. The van der Waals surface area contributed by atoms with Gasteiger partial charge in [0.1, 0.15) is 10.9 Å². The molecule has 5 nitrogen and oxygen atoms in total. The van der Waals surface area contributed by atoms with Gasteiger partial charge < -0.3 is 14.7 Å². The number of carbonyl (C=O) groups is 1. The number of methoxy groups -OCH3 is 1. The molecule has 1 N–H and O–H groups in total. The number of aromatic nitrogens is 1. The third kappa shape index (κ3) is 2.34. The van der Waals surface area contributed by atoms with Crippen LogP contribution in [0.5, 0.6) is 5.75 Å². The summed E-state index contributed by atoms with van der Waals surface area (Å²) in [4.78, 5) is 17.6. The lowest BCUT2D eigenvalue weighted by molar-refractivity contribution is 0.0137. The summed E-state index contributed by atoms with van der Waals surface area (Å²) >= 11 is 5.97. The van der Waals surface area contributed by atoms with Crippen LogP contribution >= 0.6 is 11.6 Å². The van der Waals surface area contributed by atoms with Gasteiger partial charge in [-0.05, 0) is 23.8 Å². The number of nitrogens with zero attached hydrogens (tertiary/aromatic N) is 2. The largest absolute Gasteiger partial charge is 0.497 e. The molecule has 0 spiro atoms. The predicted molar refractivity (Wildman–Crippen MR) is 77.1 cm³/mol. The van der Waals surface area contributed by atoms with Crippen molar-refractivity contribution in [3.8, 4) is 5.75 Å². The number of hydrogen-bond acceptors (Lipinski definition) is 4. The van der Waals surface area contributed by atoms with Crippen LogP contribution in [0.1, 0.15) is 27.7 Å². The standard InChI is InChI=1S/C15H13ClN2O3/c1-21-10-4-2-9(3-5-10)8-18-14(19)11-6-7-17-13(16)12(11)15(18)20/h2-7,15,20H,8H2,1H3. The molecule has 0 aliphatic carbocycles. The third-order valence-electron chi connectivity index (χ3n) is 3.50. The molecule has 3 rings (SSSR count). The van der Waals surface area contributed by atoms with E-state index in [2.05, 4.69) is 4.98 Å². The molecule has 2 aromatic rings. The maximum Gasteiger partial charge on any atom is 0.257 e. The molecule has 2 heterocycles. The van der Waals surface area contributed by atoms with E-state index in [1.807, 2.05) is 24.3 Å². The van der Waals surface area contributed by atoms with E-state index < -0.39 is 6.23 Å². The number of rotatable bonds is 3. The van der Waals surface area contributed by atoms with Crippen LogP contribution in [0.15, 0.2) is 36.5 Å². The van der Waals surface area contributed by atoms with Crippen molar-refractivity contribution in [2.45, 2.75) is 12.8 Å². The first-order valence-electron chi connectivity index (χ1n) is 6.38. The third-order valence-corrected chi connectivity index (χ3v) is 3.80. The van der Waals surface area contributed by atoms with Gasteiger partial charge in [-0.15, -0.1) is 0 Å². The van der Waals surface area contributed by atoms with Crippen LogP contribution in [0.3, 0.4) is 0 Å². The topological polar surface area (TPSA) is 62.7 Å². The molecule has 0 radical (unpaired) electrons. The fourth-order valence-electron chi connectivity index (χ4n) is 2.39. The van der Waals surface area contributed by atoms with E-state index in [0.717, 1.165) is 11.3 Å². The van der Waals surface area contributed by atoms with E-state index in [9.17, 15) is 9.90 Å². The van der Waals surface area contributed by atoms with Crippen molar-refractivity contribution in [2.24, 2.45) is 0 Å². The average Bonchev–Trinajstić information content (AvgIpc) is 2.74. The number of ether oxygens (including phenoxy) is 1. The number of carbonyl (C=O) groups excluding carboxylic acids is 1. The van der Waals surface area contributed by atoms with Crippen molar-refractivity contribution >= 4 is 17.5 Å². The normalized spacial score (nSPS) is 17.0. The van der Waals surface area contributed by atoms with Crippen molar-refractivity contribution < 1.29 is 14.6 Å². The van der Waals surface area contributed by atoms with Gasteiger partial charge in [0.05, 0.1) is 18.2 Å². The fraction of sp³-hybridized carbons (Fsp3) is 0.200. The summed E-state index contributed by atoms with van der Waals surface area (Å²) in [5.74, 6) is 0.486. The Morgan fingerprint density at radius 1 is 1.33 bits per heavy atom. The molecular formula is C15H13ClN2O3. The molecule has 1 unspecified atom stereocenters. The van der Waals surface area contributed by atoms with Gasteiger partial charge in [0.25, 0.3) is 5.91 Å². The van der Waals surface area contributed by atoms with E-state index in [4.69, 9.17) is 16.3 Å². The smallest absolute Gasteiger partial charge is 0.257 e. The highest BCUT2D eigenvalue weighted by Gasteiger charge is 2.37. The molecule has 1 atom stereocenters. The lowest BCUT2D eigenvalue weighted by atomic mass is 10.2. The zero-order valence-corrected chi connectivity index (χ0v) is 12.0. The lowest BCUT2D eigenvalue weighted by Gasteiger charge is -2.21. The maximum atomic E-state index is 12.3. The number of pyridine rings is 1. The minimum absolute atomic E-state index is 0.158. The van der Waals surface area contributed by atoms with Gasteiger partial charge in [-0.2, -0.15) is 0 Å². The zero-order valence-electron chi connectivity index (χ0n) is 11.3. The summed E-state index contributed by atoms with van der Waals surface area (Å²) in [5, 5.41) is 10.5. The Labute approximate surface area is 126 Å². The molecule has 21 heavy (non-hydrogen) atoms. The minimum Gasteiger partial charge on any atom is -0.497 e. The first-order valence-corrected chi connectivity index (χ1v) is 6.76. The Morgan fingerprint density at radius 3 is 2.67 bits per heavy atom. The lowest BCUT2D eigenvalue weighted by Crippen LogP contribution is -2.27. The second-order valence-electron chi connectivity index (χ2n) is 4.72. The van der Waals surface area contributed by atoms with Crippen LogP contribution in [0.25, 0.3) is 0 Å². The highest BCUT2D eigenvalue weighted by molar-refractivity contribution is 6.31. The molecule has 0 fully saturated rings. The van der Waals surface area contributed by atoms with Crippen LogP contribution in [0, 0.1) is 0 Å². The van der Waals surface area contributed by atoms with Crippen molar-refractivity contribution in [3.05, 3.63) is 58.4 Å². The molecular weight excluding hydrogens is 292 g/mol. The van der Waals surface area contributed by atoms with Gasteiger partial charge in [0.2, 0.25) is 0 Å². The molecule has 6 heteroatoms. The van der Waals surface area contributed by atoms with Crippen molar-refractivity contribution in [3.63, 3.8) is 0 Å². The van der Waals surface area contributed by atoms with Crippen LogP contribution in [0.4, 0.5) is 0 Å². The Balaban J connectivity index is 1.87. The van der Waals surface area contributed by atoms with Gasteiger partial charge in [0, 0.05) is 12.7 Å². The maximum absolute atomic E-state index is 12.3. The summed E-state index contributed by atoms with van der Waals surface area (Å²) in [6.07, 6.45) is 0.388. The van der Waals surface area contributed by atoms with Crippen molar-refractivity contribution in [2.75, 3.05) is 7.11 Å². The molecule has 0 bridgehead atoms. The van der Waals surface area contributed by atoms with E-state index in [1.165, 1.54) is 11.1 Å². The van der Waals surface area contributed by atoms with Gasteiger partial charge in [0.15, 0.2) is 6.23 Å². The first-order chi connectivity index (χ1) is 10.1. The Kier molecular flexibility index (Phi) is 3.53. The summed E-state index contributed by atoms with van der Waals surface area (Å²) in [7, 11) is 1.59. The SMILES string of the molecule is COc1ccc(CN2C(=O)c3ccnc(Cl)c3C2O)cc1. The van der Waals surface area contributed by atoms with Gasteiger partial charge >= 0.3 is 0 Å². The quantitative estimate of drug-likeness (QED) is 0.884. The number of aliphatic hydroxyl groups excluding tert-OH is 1. The van der Waals surface area contributed by atoms with Crippen LogP contribution in [0.2, 0.25) is 5.15 Å². The monoisotopic (exact) mass is 304 g/mol. The molecule has 1 aromatic heterocycles. The van der Waals surface area contributed by atoms with Crippen molar-refractivity contribution in [1.29, 1.82) is 0 Å². The Hall–Kier alpha value is -2.11. The molecule has 1 aliphatic heterocycles. The second-order valence-corrected chi connectivity index (χ2v) is 5.08. The number of amides is 1. The molecule has 108 valence electrons. The Morgan fingerprint density at radius 2 is 2.05 bits per heavy atom. The molecule has 0 saturated carbocycles. The number of benzene rings is 1. The summed E-state index contributed by atoms with van der Waals surface area (Å²) in [6, 6.07) is 8.89. The van der Waals surface area contributed by atoms with Crippen LogP contribution in [-0.4, -0.2) is 28.0 Å². The van der Waals surface area contributed by atoms with E-state index in [-0.39, 0.29) is 17.6 Å². The number of hydrogen-bond donors (Lipinski definition) is 1. The highest BCUT2D eigenvalue weighted by atomic mass is 35.5. The number of fused-ring (bicyclic) bond motifs is 1. The van der Waals surface area contributed by atoms with Crippen LogP contribution in [-0.2, 0) is 6.54 Å². The van der Waals surface area contributed by atoms with Gasteiger partial charge in [-0.3, -0.25) is 4.79 Å². The highest BCUT2D eigenvalue weighted by Crippen LogP contribution is 2.36. The molecule has 0 saturated heterocycles.